The molecule has 1 aromatic heterocycles. The van der Waals surface area contributed by atoms with Crippen molar-refractivity contribution in [3.63, 3.8) is 0 Å². The van der Waals surface area contributed by atoms with Gasteiger partial charge in [-0.2, -0.15) is 0 Å². The topological polar surface area (TPSA) is 59.4 Å². The smallest absolute Gasteiger partial charge is 0.271 e. The Bertz CT molecular complexity index is 985. The number of imidazole rings is 1. The molecule has 2 aromatic carbocycles. The summed E-state index contributed by atoms with van der Waals surface area (Å²) < 4.78 is 7.78. The van der Waals surface area contributed by atoms with Gasteiger partial charge in [0.05, 0.1) is 12.6 Å². The van der Waals surface area contributed by atoms with Crippen LogP contribution >= 0.6 is 0 Å². The Labute approximate surface area is 183 Å². The number of hydrogen-bond acceptors (Lipinski definition) is 4. The summed E-state index contributed by atoms with van der Waals surface area (Å²) in [6, 6.07) is 20.1. The Balaban J connectivity index is 1.46. The van der Waals surface area contributed by atoms with Crippen molar-refractivity contribution in [1.29, 1.82) is 0 Å². The Morgan fingerprint density at radius 3 is 2.52 bits per heavy atom. The first kappa shape index (κ1) is 21.1. The summed E-state index contributed by atoms with van der Waals surface area (Å²) in [4.78, 5) is 20.0. The molecule has 1 N–H and O–H groups in total. The van der Waals surface area contributed by atoms with Crippen LogP contribution in [0.15, 0.2) is 66.9 Å². The molecule has 0 aliphatic carbocycles. The van der Waals surface area contributed by atoms with E-state index in [9.17, 15) is 4.79 Å². The van der Waals surface area contributed by atoms with Gasteiger partial charge in [0.15, 0.2) is 0 Å². The lowest BCUT2D eigenvalue weighted by molar-refractivity contribution is 0.0942. The zero-order chi connectivity index (χ0) is 21.6. The van der Waals surface area contributed by atoms with E-state index in [4.69, 9.17) is 9.72 Å². The van der Waals surface area contributed by atoms with E-state index >= 15 is 0 Å². The van der Waals surface area contributed by atoms with Crippen LogP contribution in [0.5, 0.6) is 5.75 Å². The number of para-hydroxylation sites is 1. The zero-order valence-electron chi connectivity index (χ0n) is 18.2. The summed E-state index contributed by atoms with van der Waals surface area (Å²) in [7, 11) is 0. The van der Waals surface area contributed by atoms with E-state index in [1.54, 1.807) is 0 Å². The molecule has 162 valence electrons. The van der Waals surface area contributed by atoms with Gasteiger partial charge in [-0.25, -0.2) is 4.98 Å². The molecule has 0 bridgehead atoms. The standard InChI is InChI=1S/C25H30N4O2/c1-19(2)17-28-14-15-29-18-22(27-24(29)23(28)20-9-5-3-6-10-20)25(30)26-13-16-31-21-11-7-4-8-12-21/h3-12,18-19,23H,13-17H2,1-2H3,(H,26,30). The van der Waals surface area contributed by atoms with E-state index < -0.39 is 0 Å². The van der Waals surface area contributed by atoms with Crippen LogP contribution in [0.3, 0.4) is 0 Å². The van der Waals surface area contributed by atoms with Crippen LogP contribution in [0.25, 0.3) is 0 Å². The van der Waals surface area contributed by atoms with Gasteiger partial charge in [0.1, 0.15) is 23.9 Å². The highest BCUT2D eigenvalue weighted by molar-refractivity contribution is 5.92. The molecule has 0 fully saturated rings. The van der Waals surface area contributed by atoms with Gasteiger partial charge in [0.2, 0.25) is 0 Å². The number of rotatable bonds is 8. The highest BCUT2D eigenvalue weighted by Gasteiger charge is 2.32. The summed E-state index contributed by atoms with van der Waals surface area (Å²) in [5, 5.41) is 2.92. The minimum absolute atomic E-state index is 0.0558. The lowest BCUT2D eigenvalue weighted by Gasteiger charge is -2.37. The summed E-state index contributed by atoms with van der Waals surface area (Å²) in [6.07, 6.45) is 1.88. The lowest BCUT2D eigenvalue weighted by Crippen LogP contribution is -2.40. The highest BCUT2D eigenvalue weighted by Crippen LogP contribution is 2.32. The average Bonchev–Trinajstić information content (AvgIpc) is 3.22. The van der Waals surface area contributed by atoms with Crippen molar-refractivity contribution >= 4 is 5.91 Å². The molecule has 6 nitrogen and oxygen atoms in total. The van der Waals surface area contributed by atoms with Gasteiger partial charge in [-0.1, -0.05) is 62.4 Å². The van der Waals surface area contributed by atoms with Crippen LogP contribution in [-0.2, 0) is 6.54 Å². The average molecular weight is 419 g/mol. The zero-order valence-corrected chi connectivity index (χ0v) is 18.2. The van der Waals surface area contributed by atoms with Gasteiger partial charge < -0.3 is 14.6 Å². The van der Waals surface area contributed by atoms with Crippen LogP contribution in [0.2, 0.25) is 0 Å². The fourth-order valence-corrected chi connectivity index (χ4v) is 4.07. The van der Waals surface area contributed by atoms with Gasteiger partial charge in [-0.05, 0) is 23.6 Å². The molecule has 6 heteroatoms. The lowest BCUT2D eigenvalue weighted by atomic mass is 10.0. The number of fused-ring (bicyclic) bond motifs is 1. The fraction of sp³-hybridized carbons (Fsp3) is 0.360. The monoisotopic (exact) mass is 418 g/mol. The highest BCUT2D eigenvalue weighted by atomic mass is 16.5. The quantitative estimate of drug-likeness (QED) is 0.566. The van der Waals surface area contributed by atoms with Crippen molar-refractivity contribution in [2.75, 3.05) is 26.2 Å². The van der Waals surface area contributed by atoms with Crippen molar-refractivity contribution in [3.8, 4) is 5.75 Å². The first-order valence-electron chi connectivity index (χ1n) is 10.9. The second-order valence-corrected chi connectivity index (χ2v) is 8.30. The third kappa shape index (κ3) is 5.14. The largest absolute Gasteiger partial charge is 0.492 e. The van der Waals surface area contributed by atoms with Crippen molar-refractivity contribution in [1.82, 2.24) is 19.8 Å². The minimum Gasteiger partial charge on any atom is -0.492 e. The van der Waals surface area contributed by atoms with E-state index in [-0.39, 0.29) is 11.9 Å². The molecule has 4 rings (SSSR count). The molecular formula is C25H30N4O2. The predicted octanol–water partition coefficient (Wildman–Crippen LogP) is 3.75. The normalized spacial score (nSPS) is 16.2. The molecule has 31 heavy (non-hydrogen) atoms. The molecule has 0 saturated heterocycles. The molecule has 1 aliphatic heterocycles. The first-order chi connectivity index (χ1) is 15.1. The van der Waals surface area contributed by atoms with Gasteiger partial charge in [-0.15, -0.1) is 0 Å². The van der Waals surface area contributed by atoms with E-state index in [2.05, 4.69) is 52.9 Å². The number of carbonyl (C=O) groups excluding carboxylic acids is 1. The van der Waals surface area contributed by atoms with Gasteiger partial charge in [0, 0.05) is 25.8 Å². The van der Waals surface area contributed by atoms with Crippen LogP contribution < -0.4 is 10.1 Å². The molecule has 1 unspecified atom stereocenters. The minimum atomic E-state index is -0.166. The Kier molecular flexibility index (Phi) is 6.67. The fourth-order valence-electron chi connectivity index (χ4n) is 4.07. The SMILES string of the molecule is CC(C)CN1CCn2cc(C(=O)NCCOc3ccccc3)nc2C1c1ccccc1. The third-order valence-electron chi connectivity index (χ3n) is 5.39. The maximum atomic E-state index is 12.7. The number of amides is 1. The maximum absolute atomic E-state index is 12.7. The number of nitrogens with zero attached hydrogens (tertiary/aromatic N) is 3. The molecule has 0 spiro atoms. The van der Waals surface area contributed by atoms with E-state index in [1.807, 2.05) is 42.6 Å². The van der Waals surface area contributed by atoms with Crippen molar-refractivity contribution in [2.24, 2.45) is 5.92 Å². The molecule has 1 amide bonds. The van der Waals surface area contributed by atoms with Crippen molar-refractivity contribution in [2.45, 2.75) is 26.4 Å². The molecule has 1 aliphatic rings. The second kappa shape index (κ2) is 9.79. The predicted molar refractivity (Wildman–Crippen MR) is 121 cm³/mol. The van der Waals surface area contributed by atoms with E-state index in [0.29, 0.717) is 24.8 Å². The molecule has 3 aromatic rings. The van der Waals surface area contributed by atoms with Crippen molar-refractivity contribution < 1.29 is 9.53 Å². The third-order valence-corrected chi connectivity index (χ3v) is 5.39. The number of ether oxygens (including phenoxy) is 1. The van der Waals surface area contributed by atoms with E-state index in [0.717, 1.165) is 31.2 Å². The molecular weight excluding hydrogens is 388 g/mol. The molecule has 0 saturated carbocycles. The summed E-state index contributed by atoms with van der Waals surface area (Å²) in [5.41, 5.74) is 1.67. The number of carbonyl (C=O) groups is 1. The van der Waals surface area contributed by atoms with Crippen LogP contribution in [0, 0.1) is 5.92 Å². The molecule has 2 heterocycles. The Morgan fingerprint density at radius 2 is 1.81 bits per heavy atom. The first-order valence-corrected chi connectivity index (χ1v) is 10.9. The summed E-state index contributed by atoms with van der Waals surface area (Å²) >= 11 is 0. The van der Waals surface area contributed by atoms with Gasteiger partial charge in [-0.3, -0.25) is 9.69 Å². The Hall–Kier alpha value is -3.12. The Morgan fingerprint density at radius 1 is 1.10 bits per heavy atom. The van der Waals surface area contributed by atoms with E-state index in [1.165, 1.54) is 5.56 Å². The number of nitrogens with one attached hydrogen (secondary N) is 1. The number of benzene rings is 2. The molecule has 0 radical (unpaired) electrons. The number of aromatic nitrogens is 2. The van der Waals surface area contributed by atoms with Gasteiger partial charge >= 0.3 is 0 Å². The molecule has 1 atom stereocenters. The van der Waals surface area contributed by atoms with Crippen LogP contribution in [-0.4, -0.2) is 46.6 Å². The second-order valence-electron chi connectivity index (χ2n) is 8.30. The van der Waals surface area contributed by atoms with Crippen molar-refractivity contribution in [3.05, 3.63) is 83.9 Å². The number of hydrogen-bond donors (Lipinski definition) is 1. The van der Waals surface area contributed by atoms with Crippen LogP contribution in [0.1, 0.15) is 41.8 Å². The summed E-state index contributed by atoms with van der Waals surface area (Å²) in [6.45, 7) is 8.08. The van der Waals surface area contributed by atoms with Gasteiger partial charge in [0.25, 0.3) is 5.91 Å². The summed E-state index contributed by atoms with van der Waals surface area (Å²) in [5.74, 6) is 2.12. The maximum Gasteiger partial charge on any atom is 0.271 e. The van der Waals surface area contributed by atoms with Crippen LogP contribution in [0.4, 0.5) is 0 Å².